The van der Waals surface area contributed by atoms with Crippen molar-refractivity contribution in [3.63, 3.8) is 0 Å². The number of nitrogens with one attached hydrogen (secondary N) is 3. The Kier molecular flexibility index (Phi) is 9.62. The van der Waals surface area contributed by atoms with Gasteiger partial charge in [0.2, 0.25) is 0 Å². The first-order valence-corrected chi connectivity index (χ1v) is 3.96. The van der Waals surface area contributed by atoms with E-state index in [2.05, 4.69) is 16.1 Å². The molecular formula is C6H19N5. The fourth-order valence-corrected chi connectivity index (χ4v) is 0.689. The van der Waals surface area contributed by atoms with Gasteiger partial charge >= 0.3 is 0 Å². The third-order valence-electron chi connectivity index (χ3n) is 1.25. The van der Waals surface area contributed by atoms with Crippen molar-refractivity contribution in [2.75, 3.05) is 39.3 Å². The Morgan fingerprint density at radius 3 is 1.91 bits per heavy atom. The van der Waals surface area contributed by atoms with E-state index in [1.54, 1.807) is 0 Å². The van der Waals surface area contributed by atoms with Crippen LogP contribution in [0.3, 0.4) is 0 Å². The first-order valence-electron chi connectivity index (χ1n) is 3.96. The normalized spacial score (nSPS) is 10.4. The second-order valence-corrected chi connectivity index (χ2v) is 2.24. The minimum Gasteiger partial charge on any atom is -0.329 e. The lowest BCUT2D eigenvalue weighted by molar-refractivity contribution is 0.591. The maximum atomic E-state index is 5.28. The fourth-order valence-electron chi connectivity index (χ4n) is 0.689. The number of hydrogen-bond donors (Lipinski definition) is 5. The van der Waals surface area contributed by atoms with Crippen LogP contribution in [0, 0.1) is 0 Å². The summed E-state index contributed by atoms with van der Waals surface area (Å²) in [4.78, 5) is 0. The molecule has 0 bridgehead atoms. The lowest BCUT2D eigenvalue weighted by Gasteiger charge is -2.04. The number of hydrazine groups is 1. The molecule has 0 rings (SSSR count). The summed E-state index contributed by atoms with van der Waals surface area (Å²) in [5, 5.41) is 6.37. The molecule has 0 aromatic heterocycles. The van der Waals surface area contributed by atoms with Crippen LogP contribution in [0.1, 0.15) is 0 Å². The van der Waals surface area contributed by atoms with Crippen molar-refractivity contribution >= 4 is 0 Å². The summed E-state index contributed by atoms with van der Waals surface area (Å²) < 4.78 is 0. The minimum atomic E-state index is 0.699. The van der Waals surface area contributed by atoms with Gasteiger partial charge in [0.05, 0.1) is 0 Å². The van der Waals surface area contributed by atoms with Crippen molar-refractivity contribution in [2.45, 2.75) is 0 Å². The highest BCUT2D eigenvalue weighted by Crippen LogP contribution is 1.58. The third kappa shape index (κ3) is 9.80. The van der Waals surface area contributed by atoms with Crippen LogP contribution >= 0.6 is 0 Å². The molecule has 5 nitrogen and oxygen atoms in total. The second kappa shape index (κ2) is 9.80. The zero-order valence-electron chi connectivity index (χ0n) is 6.90. The Morgan fingerprint density at radius 1 is 0.818 bits per heavy atom. The van der Waals surface area contributed by atoms with Crippen LogP contribution < -0.4 is 27.6 Å². The predicted octanol–water partition coefficient (Wildman–Crippen LogP) is -2.41. The van der Waals surface area contributed by atoms with E-state index >= 15 is 0 Å². The Labute approximate surface area is 67.9 Å². The average Bonchev–Trinajstić information content (AvgIpc) is 2.03. The molecule has 0 unspecified atom stereocenters. The predicted molar refractivity (Wildman–Crippen MR) is 47.0 cm³/mol. The molecular weight excluding hydrogens is 142 g/mol. The van der Waals surface area contributed by atoms with E-state index in [0.717, 1.165) is 32.7 Å². The van der Waals surface area contributed by atoms with Gasteiger partial charge in [-0.25, -0.2) is 0 Å². The van der Waals surface area contributed by atoms with Crippen molar-refractivity contribution in [1.82, 2.24) is 16.1 Å². The molecule has 0 aliphatic rings. The number of nitrogens with two attached hydrogens (primary N) is 2. The van der Waals surface area contributed by atoms with Crippen LogP contribution in [0.2, 0.25) is 0 Å². The zero-order valence-corrected chi connectivity index (χ0v) is 6.90. The summed E-state index contributed by atoms with van der Waals surface area (Å²) >= 11 is 0. The summed E-state index contributed by atoms with van der Waals surface area (Å²) in [6.07, 6.45) is 0. The first-order chi connectivity index (χ1) is 5.41. The Balaban J connectivity index is 2.69. The molecule has 0 spiro atoms. The third-order valence-corrected chi connectivity index (χ3v) is 1.25. The molecule has 0 fully saturated rings. The van der Waals surface area contributed by atoms with Gasteiger partial charge in [-0.2, -0.15) is 0 Å². The van der Waals surface area contributed by atoms with Gasteiger partial charge in [0.15, 0.2) is 0 Å². The lowest BCUT2D eigenvalue weighted by atomic mass is 10.5. The van der Waals surface area contributed by atoms with Crippen LogP contribution in [0.25, 0.3) is 0 Å². The molecule has 0 heterocycles. The second-order valence-electron chi connectivity index (χ2n) is 2.24. The van der Waals surface area contributed by atoms with Crippen LogP contribution in [-0.2, 0) is 0 Å². The van der Waals surface area contributed by atoms with Gasteiger partial charge in [-0.15, -0.1) is 0 Å². The molecule has 0 saturated heterocycles. The van der Waals surface area contributed by atoms with E-state index in [4.69, 9.17) is 11.6 Å². The molecule has 5 heteroatoms. The van der Waals surface area contributed by atoms with Crippen molar-refractivity contribution in [3.8, 4) is 0 Å². The van der Waals surface area contributed by atoms with Gasteiger partial charge in [-0.05, 0) is 0 Å². The highest BCUT2D eigenvalue weighted by atomic mass is 15.2. The molecule has 68 valence electrons. The molecule has 0 aromatic carbocycles. The number of rotatable bonds is 8. The zero-order chi connectivity index (χ0) is 8.36. The van der Waals surface area contributed by atoms with E-state index in [0.29, 0.717) is 6.54 Å². The molecule has 0 radical (unpaired) electrons. The van der Waals surface area contributed by atoms with Gasteiger partial charge < -0.3 is 16.4 Å². The molecule has 0 saturated carbocycles. The molecule has 0 aliphatic heterocycles. The SMILES string of the molecule is NCCNCCNCCNN. The Bertz CT molecular complexity index is 60.0. The van der Waals surface area contributed by atoms with Crippen molar-refractivity contribution in [2.24, 2.45) is 11.6 Å². The maximum absolute atomic E-state index is 5.28. The molecule has 11 heavy (non-hydrogen) atoms. The van der Waals surface area contributed by atoms with Crippen LogP contribution in [0.4, 0.5) is 0 Å². The van der Waals surface area contributed by atoms with E-state index < -0.39 is 0 Å². The fraction of sp³-hybridized carbons (Fsp3) is 1.00. The quantitative estimate of drug-likeness (QED) is 0.155. The highest BCUT2D eigenvalue weighted by Gasteiger charge is 1.85. The van der Waals surface area contributed by atoms with Crippen molar-refractivity contribution in [3.05, 3.63) is 0 Å². The van der Waals surface area contributed by atoms with Gasteiger partial charge in [-0.3, -0.25) is 11.3 Å². The standard InChI is InChI=1S/C6H19N5/c7-1-2-9-3-4-10-5-6-11-8/h9-11H,1-8H2. The summed E-state index contributed by atoms with van der Waals surface area (Å²) in [5.41, 5.74) is 7.85. The first kappa shape index (κ1) is 10.8. The van der Waals surface area contributed by atoms with E-state index in [1.807, 2.05) is 0 Å². The maximum Gasteiger partial charge on any atom is 0.0223 e. The summed E-state index contributed by atoms with van der Waals surface area (Å²) in [6.45, 7) is 5.21. The molecule has 7 N–H and O–H groups in total. The number of hydrogen-bond acceptors (Lipinski definition) is 5. The van der Waals surface area contributed by atoms with Crippen molar-refractivity contribution in [1.29, 1.82) is 0 Å². The van der Waals surface area contributed by atoms with Gasteiger partial charge in [0, 0.05) is 39.3 Å². The molecule has 0 aromatic rings. The highest BCUT2D eigenvalue weighted by molar-refractivity contribution is 4.52. The van der Waals surface area contributed by atoms with Gasteiger partial charge in [-0.1, -0.05) is 0 Å². The smallest absolute Gasteiger partial charge is 0.0223 e. The lowest BCUT2D eigenvalue weighted by Crippen LogP contribution is -2.35. The summed E-state index contributed by atoms with van der Waals surface area (Å²) in [7, 11) is 0. The molecule has 0 atom stereocenters. The monoisotopic (exact) mass is 161 g/mol. The van der Waals surface area contributed by atoms with Crippen LogP contribution in [0.5, 0.6) is 0 Å². The van der Waals surface area contributed by atoms with Gasteiger partial charge in [0.1, 0.15) is 0 Å². The molecule has 0 aliphatic carbocycles. The minimum absolute atomic E-state index is 0.699. The summed E-state index contributed by atoms with van der Waals surface area (Å²) in [6, 6.07) is 0. The van der Waals surface area contributed by atoms with E-state index in [-0.39, 0.29) is 0 Å². The average molecular weight is 161 g/mol. The van der Waals surface area contributed by atoms with E-state index in [1.165, 1.54) is 0 Å². The van der Waals surface area contributed by atoms with Gasteiger partial charge in [0.25, 0.3) is 0 Å². The largest absolute Gasteiger partial charge is 0.329 e. The topological polar surface area (TPSA) is 88.1 Å². The molecule has 0 amide bonds. The van der Waals surface area contributed by atoms with Crippen molar-refractivity contribution < 1.29 is 0 Å². The Morgan fingerprint density at radius 2 is 1.36 bits per heavy atom. The Hall–Kier alpha value is -0.200. The van der Waals surface area contributed by atoms with Crippen LogP contribution in [-0.4, -0.2) is 39.3 Å². The van der Waals surface area contributed by atoms with Crippen LogP contribution in [0.15, 0.2) is 0 Å². The summed E-state index contributed by atoms with van der Waals surface area (Å²) in [5.74, 6) is 5.07. The van der Waals surface area contributed by atoms with E-state index in [9.17, 15) is 0 Å².